The maximum Gasteiger partial charge on any atom is 0.336 e. The van der Waals surface area contributed by atoms with Gasteiger partial charge in [0.2, 0.25) is 0 Å². The summed E-state index contributed by atoms with van der Waals surface area (Å²) in [5.74, 6) is -1.74. The van der Waals surface area contributed by atoms with Crippen molar-refractivity contribution in [3.63, 3.8) is 0 Å². The minimum atomic E-state index is -0.992. The van der Waals surface area contributed by atoms with Crippen molar-refractivity contribution in [1.29, 1.82) is 0 Å². The molecule has 0 aliphatic heterocycles. The molecule has 120 valence electrons. The quantitative estimate of drug-likeness (QED) is 0.452. The number of hydrogen-bond acceptors (Lipinski definition) is 5. The molecule has 3 aromatic rings. The zero-order valence-corrected chi connectivity index (χ0v) is 12.0. The van der Waals surface area contributed by atoms with Crippen LogP contribution in [0.2, 0.25) is 0 Å². The molecule has 1 aromatic heterocycles. The average Bonchev–Trinajstić information content (AvgIpc) is 2.54. The lowest BCUT2D eigenvalue weighted by atomic mass is 10.1. The number of fused-ring (bicyclic) bond motifs is 1. The molecule has 1 N–H and O–H groups in total. The lowest BCUT2D eigenvalue weighted by Crippen LogP contribution is -2.14. The van der Waals surface area contributed by atoms with Gasteiger partial charge in [-0.2, -0.15) is 0 Å². The van der Waals surface area contributed by atoms with Crippen LogP contribution in [-0.2, 0) is 0 Å². The highest BCUT2D eigenvalue weighted by Gasteiger charge is 2.16. The van der Waals surface area contributed by atoms with Crippen molar-refractivity contribution in [1.82, 2.24) is 0 Å². The van der Waals surface area contributed by atoms with Crippen LogP contribution in [-0.4, -0.2) is 10.8 Å². The first kappa shape index (κ1) is 15.3. The smallest absolute Gasteiger partial charge is 0.336 e. The van der Waals surface area contributed by atoms with Gasteiger partial charge in [0.15, 0.2) is 0 Å². The number of benzene rings is 2. The van der Waals surface area contributed by atoms with Crippen molar-refractivity contribution in [2.75, 3.05) is 5.32 Å². The van der Waals surface area contributed by atoms with E-state index in [1.54, 1.807) is 6.07 Å². The highest BCUT2D eigenvalue weighted by Crippen LogP contribution is 2.20. The van der Waals surface area contributed by atoms with Crippen LogP contribution in [0.4, 0.5) is 15.8 Å². The summed E-state index contributed by atoms with van der Waals surface area (Å²) < 4.78 is 18.8. The number of rotatable bonds is 3. The van der Waals surface area contributed by atoms with E-state index < -0.39 is 28.0 Å². The Labute approximate surface area is 133 Å². The van der Waals surface area contributed by atoms with Gasteiger partial charge in [-0.3, -0.25) is 14.9 Å². The molecule has 24 heavy (non-hydrogen) atoms. The Balaban J connectivity index is 1.88. The summed E-state index contributed by atoms with van der Waals surface area (Å²) in [6.07, 6.45) is 0. The second kappa shape index (κ2) is 5.92. The lowest BCUT2D eigenvalue weighted by molar-refractivity contribution is -0.385. The van der Waals surface area contributed by atoms with Gasteiger partial charge in [0, 0.05) is 23.2 Å². The van der Waals surface area contributed by atoms with Crippen LogP contribution in [0.1, 0.15) is 10.4 Å². The van der Waals surface area contributed by atoms with Gasteiger partial charge in [0.25, 0.3) is 11.6 Å². The Morgan fingerprint density at radius 3 is 2.62 bits per heavy atom. The fourth-order valence-electron chi connectivity index (χ4n) is 2.15. The van der Waals surface area contributed by atoms with Crippen molar-refractivity contribution in [3.05, 3.63) is 80.4 Å². The fraction of sp³-hybridized carbons (Fsp3) is 0. The first-order valence-electron chi connectivity index (χ1n) is 6.73. The highest BCUT2D eigenvalue weighted by atomic mass is 19.1. The van der Waals surface area contributed by atoms with E-state index in [1.807, 2.05) is 0 Å². The summed E-state index contributed by atoms with van der Waals surface area (Å²) in [6.45, 7) is 0. The molecule has 3 rings (SSSR count). The second-order valence-electron chi connectivity index (χ2n) is 4.88. The lowest BCUT2D eigenvalue weighted by Gasteiger charge is -2.07. The average molecular weight is 328 g/mol. The van der Waals surface area contributed by atoms with Crippen molar-refractivity contribution < 1.29 is 18.5 Å². The first-order valence-corrected chi connectivity index (χ1v) is 6.73. The van der Waals surface area contributed by atoms with E-state index in [9.17, 15) is 24.1 Å². The van der Waals surface area contributed by atoms with Gasteiger partial charge in [0.05, 0.1) is 16.6 Å². The Kier molecular flexibility index (Phi) is 3.78. The second-order valence-corrected chi connectivity index (χ2v) is 4.88. The van der Waals surface area contributed by atoms with Crippen LogP contribution in [0.5, 0.6) is 0 Å². The van der Waals surface area contributed by atoms with E-state index in [4.69, 9.17) is 4.42 Å². The van der Waals surface area contributed by atoms with Gasteiger partial charge in [-0.25, -0.2) is 9.18 Å². The van der Waals surface area contributed by atoms with Gasteiger partial charge in [-0.15, -0.1) is 0 Å². The zero-order chi connectivity index (χ0) is 17.3. The third kappa shape index (κ3) is 2.98. The number of nitro groups is 1. The van der Waals surface area contributed by atoms with Crippen LogP contribution in [0.3, 0.4) is 0 Å². The van der Waals surface area contributed by atoms with Crippen LogP contribution < -0.4 is 10.9 Å². The summed E-state index contributed by atoms with van der Waals surface area (Å²) in [4.78, 5) is 33.1. The number of halogens is 1. The fourth-order valence-corrected chi connectivity index (χ4v) is 2.15. The Hall–Kier alpha value is -3.55. The Morgan fingerprint density at radius 1 is 1.12 bits per heavy atom. The monoisotopic (exact) mass is 328 g/mol. The molecule has 0 aliphatic rings. The number of hydrogen-bond donors (Lipinski definition) is 1. The molecular formula is C16H9FN2O5. The SMILES string of the molecule is O=C(Nc1ccc2oc(=O)ccc2c1)c1ccc([N+](=O)[O-])cc1F. The topological polar surface area (TPSA) is 102 Å². The molecule has 0 spiro atoms. The number of non-ortho nitro benzene ring substituents is 1. The maximum absolute atomic E-state index is 13.8. The number of amides is 1. The van der Waals surface area contributed by atoms with Gasteiger partial charge in [-0.05, 0) is 30.3 Å². The van der Waals surface area contributed by atoms with Crippen molar-refractivity contribution >= 4 is 28.3 Å². The molecule has 0 bridgehead atoms. The number of nitrogens with one attached hydrogen (secondary N) is 1. The van der Waals surface area contributed by atoms with Crippen LogP contribution in [0.25, 0.3) is 11.0 Å². The summed E-state index contributed by atoms with van der Waals surface area (Å²) in [7, 11) is 0. The largest absolute Gasteiger partial charge is 0.423 e. The number of carbonyl (C=O) groups is 1. The van der Waals surface area contributed by atoms with E-state index in [-0.39, 0.29) is 5.56 Å². The highest BCUT2D eigenvalue weighted by molar-refractivity contribution is 6.05. The summed E-state index contributed by atoms with van der Waals surface area (Å²) in [6, 6.07) is 10.1. The molecule has 1 heterocycles. The maximum atomic E-state index is 13.8. The van der Waals surface area contributed by atoms with E-state index in [0.29, 0.717) is 22.7 Å². The summed E-state index contributed by atoms with van der Waals surface area (Å²) in [5, 5.41) is 13.6. The van der Waals surface area contributed by atoms with Crippen molar-refractivity contribution in [3.8, 4) is 0 Å². The van der Waals surface area contributed by atoms with E-state index in [0.717, 1.165) is 12.1 Å². The molecule has 0 atom stereocenters. The van der Waals surface area contributed by atoms with E-state index in [2.05, 4.69) is 5.32 Å². The molecule has 1 amide bonds. The Bertz CT molecular complexity index is 1030. The molecule has 0 fully saturated rings. The third-order valence-corrected chi connectivity index (χ3v) is 3.29. The van der Waals surface area contributed by atoms with Gasteiger partial charge < -0.3 is 9.73 Å². The van der Waals surface area contributed by atoms with Crippen LogP contribution in [0.15, 0.2) is 57.7 Å². The normalized spacial score (nSPS) is 10.5. The molecule has 0 saturated carbocycles. The molecule has 0 radical (unpaired) electrons. The number of nitrogens with zero attached hydrogens (tertiary/aromatic N) is 1. The zero-order valence-electron chi connectivity index (χ0n) is 12.0. The van der Waals surface area contributed by atoms with Crippen molar-refractivity contribution in [2.24, 2.45) is 0 Å². The van der Waals surface area contributed by atoms with Gasteiger partial charge in [-0.1, -0.05) is 0 Å². The van der Waals surface area contributed by atoms with E-state index >= 15 is 0 Å². The minimum Gasteiger partial charge on any atom is -0.423 e. The molecule has 0 unspecified atom stereocenters. The number of nitro benzene ring substituents is 1. The number of carbonyl (C=O) groups excluding carboxylic acids is 1. The molecule has 8 heteroatoms. The first-order chi connectivity index (χ1) is 11.4. The van der Waals surface area contributed by atoms with Crippen LogP contribution >= 0.6 is 0 Å². The third-order valence-electron chi connectivity index (χ3n) is 3.29. The summed E-state index contributed by atoms with van der Waals surface area (Å²) >= 11 is 0. The summed E-state index contributed by atoms with van der Waals surface area (Å²) in [5.41, 5.74) is -0.543. The van der Waals surface area contributed by atoms with Crippen LogP contribution in [0, 0.1) is 15.9 Å². The van der Waals surface area contributed by atoms with Gasteiger partial charge >= 0.3 is 5.63 Å². The minimum absolute atomic E-state index is 0.319. The standard InChI is InChI=1S/C16H9FN2O5/c17-13-8-11(19(22)23)3-4-12(13)16(21)18-10-2-5-14-9(7-10)1-6-15(20)24-14/h1-8H,(H,18,21). The molecule has 0 aliphatic carbocycles. The van der Waals surface area contributed by atoms with Crippen molar-refractivity contribution in [2.45, 2.75) is 0 Å². The number of anilines is 1. The molecule has 0 saturated heterocycles. The van der Waals surface area contributed by atoms with Gasteiger partial charge in [0.1, 0.15) is 11.4 Å². The predicted octanol–water partition coefficient (Wildman–Crippen LogP) is 3.09. The Morgan fingerprint density at radius 2 is 1.92 bits per heavy atom. The molecule has 2 aromatic carbocycles. The predicted molar refractivity (Wildman–Crippen MR) is 83.5 cm³/mol. The molecular weight excluding hydrogens is 319 g/mol. The molecule has 7 nitrogen and oxygen atoms in total. The van der Waals surface area contributed by atoms with E-state index in [1.165, 1.54) is 24.3 Å².